The van der Waals surface area contributed by atoms with Gasteiger partial charge in [-0.15, -0.1) is 0 Å². The highest BCUT2D eigenvalue weighted by Gasteiger charge is 3.00. The lowest BCUT2D eigenvalue weighted by Gasteiger charge is -2.42. The van der Waals surface area contributed by atoms with Crippen LogP contribution in [0.15, 0.2) is 24.3 Å². The Bertz CT molecular complexity index is 3860. The molecule has 0 spiro atoms. The molecule has 0 fully saturated rings. The molecule has 0 amide bonds. The number of hydrogen-bond acceptors (Lipinski definition) is 6. The number of alkyl halides is 68. The molecule has 0 atom stereocenters. The Morgan fingerprint density at radius 3 is 0.370 bits per heavy atom. The van der Waals surface area contributed by atoms with Crippen molar-refractivity contribution in [2.45, 2.75) is 268 Å². The summed E-state index contributed by atoms with van der Waals surface area (Å²) in [6, 6.07) is -0.0199. The van der Waals surface area contributed by atoms with Gasteiger partial charge in [0.05, 0.1) is 26.4 Å². The lowest BCUT2D eigenvalue weighted by molar-refractivity contribution is -0.461. The minimum absolute atomic E-state index is 0.00496. The first-order chi connectivity index (χ1) is 60.3. The standard InChI is InChI=1S/C64H44F68O6/c65-33(66,37(73,74)41(81,82)45(89,90)49(97,98)53(105,106)57(113,114)61(121,122)123)9-1-5-25-21-29-30(22-26(25)6-2-10-34(67,68)38(75,76)42(83,84)46(91,92)50(99,100)54(107,108)58(115,116)62(124,125)126)136-18-14-134-16-20-138-32-24-28(8-4-12-36(71,72)40(79,80)44(87,88)48(95,96)52(103,104)56(111,112)60(119,120)64(130,131)132)27(23-31(32)137-19-15-133-13-17-135-29)7-3-11-35(69,70)39(77,78)43(85,86)47(93,94)51(101,102)55(109,110)59(117,118)63(127,128)129/h21-24H,1-20H2. The van der Waals surface area contributed by atoms with Crippen molar-refractivity contribution in [3.05, 3.63) is 46.5 Å². The van der Waals surface area contributed by atoms with Gasteiger partial charge in [-0.1, -0.05) is 0 Å². The van der Waals surface area contributed by atoms with Crippen LogP contribution in [0.3, 0.4) is 0 Å². The summed E-state index contributed by atoms with van der Waals surface area (Å²) in [6.07, 6.45) is -65.0. The number of benzene rings is 2. The summed E-state index contributed by atoms with van der Waals surface area (Å²) in [5, 5.41) is 0. The van der Waals surface area contributed by atoms with E-state index < -0.39 is 366 Å². The van der Waals surface area contributed by atoms with Gasteiger partial charge >= 0.3 is 191 Å². The highest BCUT2D eigenvalue weighted by atomic mass is 19.5. The van der Waals surface area contributed by atoms with Crippen LogP contribution in [-0.4, -0.2) is 243 Å². The first-order valence-corrected chi connectivity index (χ1v) is 35.1. The zero-order valence-corrected chi connectivity index (χ0v) is 64.6. The summed E-state index contributed by atoms with van der Waals surface area (Å²) >= 11 is 0. The second kappa shape index (κ2) is 37.8. The Kier molecular flexibility index (Phi) is 34.2. The van der Waals surface area contributed by atoms with E-state index in [9.17, 15) is 263 Å². The highest BCUT2D eigenvalue weighted by molar-refractivity contribution is 5.49. The van der Waals surface area contributed by atoms with Crippen LogP contribution in [0.4, 0.5) is 299 Å². The number of ether oxygens (including phenoxy) is 6. The van der Waals surface area contributed by atoms with Gasteiger partial charge in [-0.05, 0) is 97.9 Å². The fourth-order valence-electron chi connectivity index (χ4n) is 11.1. The molecular formula is C64H44F68O6. The van der Waals surface area contributed by atoms with E-state index in [1.54, 1.807) is 0 Å². The van der Waals surface area contributed by atoms with Crippen molar-refractivity contribution in [2.24, 2.45) is 0 Å². The van der Waals surface area contributed by atoms with Crippen LogP contribution in [0.25, 0.3) is 0 Å². The summed E-state index contributed by atoms with van der Waals surface area (Å²) in [5.41, 5.74) is -5.77. The fourth-order valence-corrected chi connectivity index (χ4v) is 11.1. The molecule has 2 aromatic rings. The number of hydrogen-bond donors (Lipinski definition) is 0. The van der Waals surface area contributed by atoms with Gasteiger partial charge in [0.1, 0.15) is 26.4 Å². The Hall–Kier alpha value is -7.20. The van der Waals surface area contributed by atoms with E-state index in [-0.39, 0.29) is 24.3 Å². The molecule has 0 unspecified atom stereocenters. The van der Waals surface area contributed by atoms with E-state index in [0.29, 0.717) is 0 Å². The second-order valence-electron chi connectivity index (χ2n) is 28.8. The molecule has 0 saturated heterocycles. The quantitative estimate of drug-likeness (QED) is 0.0620. The minimum atomic E-state index is -9.27. The van der Waals surface area contributed by atoms with Crippen molar-refractivity contribution in [2.75, 3.05) is 52.9 Å². The van der Waals surface area contributed by atoms with Crippen LogP contribution in [0.2, 0.25) is 0 Å². The van der Waals surface area contributed by atoms with E-state index >= 15 is 35.1 Å². The summed E-state index contributed by atoms with van der Waals surface area (Å²) in [6.45, 7) is -10.8. The first kappa shape index (κ1) is 125. The maximum absolute atomic E-state index is 15.2. The normalized spacial score (nSPS) is 17.1. The molecule has 3 rings (SSSR count). The molecule has 812 valence electrons. The largest absolute Gasteiger partial charge is 0.487 e. The summed E-state index contributed by atoms with van der Waals surface area (Å²) in [4.78, 5) is 0. The Morgan fingerprint density at radius 2 is 0.254 bits per heavy atom. The van der Waals surface area contributed by atoms with E-state index in [0.717, 1.165) is 0 Å². The molecule has 0 aliphatic carbocycles. The number of fused-ring (bicyclic) bond motifs is 2. The van der Waals surface area contributed by atoms with Gasteiger partial charge in [0.15, 0.2) is 23.0 Å². The lowest BCUT2D eigenvalue weighted by atomic mass is 9.87. The smallest absolute Gasteiger partial charge is 0.460 e. The van der Waals surface area contributed by atoms with Crippen molar-refractivity contribution in [1.29, 1.82) is 0 Å². The Balaban J connectivity index is 2.33. The van der Waals surface area contributed by atoms with E-state index in [4.69, 9.17) is 28.4 Å². The Labute approximate surface area is 716 Å². The van der Waals surface area contributed by atoms with Gasteiger partial charge in [-0.25, -0.2) is 0 Å². The molecule has 138 heavy (non-hydrogen) atoms. The van der Waals surface area contributed by atoms with Crippen molar-refractivity contribution in [3.8, 4) is 23.0 Å². The molecule has 6 nitrogen and oxygen atoms in total. The molecule has 74 heteroatoms. The van der Waals surface area contributed by atoms with Gasteiger partial charge in [-0.2, -0.15) is 299 Å². The van der Waals surface area contributed by atoms with Crippen LogP contribution < -0.4 is 18.9 Å². The van der Waals surface area contributed by atoms with Crippen LogP contribution in [0, 0.1) is 0 Å². The van der Waals surface area contributed by atoms with E-state index in [1.807, 2.05) is 0 Å². The van der Waals surface area contributed by atoms with Crippen LogP contribution in [-0.2, 0) is 35.2 Å². The van der Waals surface area contributed by atoms with E-state index in [1.165, 1.54) is 0 Å². The van der Waals surface area contributed by atoms with Crippen molar-refractivity contribution in [1.82, 2.24) is 0 Å². The molecule has 0 saturated carbocycles. The molecule has 0 radical (unpaired) electrons. The van der Waals surface area contributed by atoms with Crippen LogP contribution in [0.1, 0.15) is 73.6 Å². The zero-order chi connectivity index (χ0) is 110. The average Bonchev–Trinajstić information content (AvgIpc) is 0.705. The molecule has 2 aromatic carbocycles. The summed E-state index contributed by atoms with van der Waals surface area (Å²) < 4.78 is 989. The predicted octanol–water partition coefficient (Wildman–Crippen LogP) is 28.3. The molecule has 0 aromatic heterocycles. The third kappa shape index (κ3) is 19.9. The number of halogens is 68. The predicted molar refractivity (Wildman–Crippen MR) is 311 cm³/mol. The number of aryl methyl sites for hydroxylation is 4. The summed E-state index contributed by atoms with van der Waals surface area (Å²) in [5.74, 6) is -251. The lowest BCUT2D eigenvalue weighted by Crippen LogP contribution is -2.74. The Morgan fingerprint density at radius 1 is 0.145 bits per heavy atom. The maximum atomic E-state index is 15.2. The topological polar surface area (TPSA) is 55.4 Å². The third-order valence-electron chi connectivity index (χ3n) is 19.4. The molecule has 0 bridgehead atoms. The van der Waals surface area contributed by atoms with E-state index in [2.05, 4.69) is 0 Å². The molecule has 1 aliphatic rings. The third-order valence-corrected chi connectivity index (χ3v) is 19.4. The van der Waals surface area contributed by atoms with Crippen LogP contribution in [0.5, 0.6) is 23.0 Å². The van der Waals surface area contributed by atoms with Gasteiger partial charge in [-0.3, -0.25) is 0 Å². The maximum Gasteiger partial charge on any atom is 0.460 e. The SMILES string of the molecule is FC(F)(F)C(F)(F)C(F)(F)C(F)(F)C(F)(F)C(F)(F)C(F)(F)C(F)(F)CCCc1cc2c(cc1CCCC(F)(F)C(F)(F)C(F)(F)C(F)(F)C(F)(F)C(F)(F)C(F)(F)C(F)(F)F)OCCOCCOc1cc(CCCC(F)(F)C(F)(F)C(F)(F)C(F)(F)C(F)(F)C(F)(F)C(F)(F)C(F)(F)F)c(CCCC(F)(F)C(F)(F)C(F)(F)C(F)(F)C(F)(F)C(F)(F)C(F)(F)C(F)(F)F)cc1OCCOCCO2. The molecule has 1 aliphatic heterocycles. The first-order valence-electron chi connectivity index (χ1n) is 35.1. The average molecular weight is 2200 g/mol. The van der Waals surface area contributed by atoms with Crippen LogP contribution >= 0.6 is 0 Å². The van der Waals surface area contributed by atoms with Crippen molar-refractivity contribution >= 4 is 0 Å². The number of rotatable bonds is 40. The summed E-state index contributed by atoms with van der Waals surface area (Å²) in [7, 11) is 0. The molecular weight excluding hydrogens is 2160 g/mol. The molecule has 0 N–H and O–H groups in total. The second-order valence-corrected chi connectivity index (χ2v) is 28.8. The highest BCUT2D eigenvalue weighted by Crippen LogP contribution is 2.71. The fraction of sp³-hybridized carbons (Fsp3) is 0.812. The van der Waals surface area contributed by atoms with Gasteiger partial charge in [0, 0.05) is 25.7 Å². The minimum Gasteiger partial charge on any atom is -0.487 e. The van der Waals surface area contributed by atoms with Crippen molar-refractivity contribution in [3.63, 3.8) is 0 Å². The van der Waals surface area contributed by atoms with Gasteiger partial charge < -0.3 is 28.4 Å². The van der Waals surface area contributed by atoms with Gasteiger partial charge in [0.2, 0.25) is 0 Å². The zero-order valence-electron chi connectivity index (χ0n) is 64.6. The van der Waals surface area contributed by atoms with Gasteiger partial charge in [0.25, 0.3) is 0 Å². The molecule has 1 heterocycles. The monoisotopic (exact) mass is 2200 g/mol. The van der Waals surface area contributed by atoms with Crippen molar-refractivity contribution < 1.29 is 327 Å².